The number of hydrogen-bond donors (Lipinski definition) is 1. The van der Waals surface area contributed by atoms with Crippen LogP contribution in [0.3, 0.4) is 0 Å². The summed E-state index contributed by atoms with van der Waals surface area (Å²) < 4.78 is 67.0. The van der Waals surface area contributed by atoms with E-state index in [1.807, 2.05) is 30.3 Å². The normalized spacial score (nSPS) is 20.8. The highest BCUT2D eigenvalue weighted by atomic mass is 35.5. The Kier molecular flexibility index (Phi) is 6.33. The average molecular weight is 407 g/mol. The number of nitrogens with zero attached hydrogens (tertiary/aromatic N) is 1. The first kappa shape index (κ1) is 20.7. The molecule has 1 saturated heterocycles. The van der Waals surface area contributed by atoms with Crippen molar-refractivity contribution in [2.24, 2.45) is 11.7 Å². The van der Waals surface area contributed by atoms with Crippen molar-refractivity contribution >= 4 is 22.4 Å². The second-order valence-electron chi connectivity index (χ2n) is 6.01. The number of benzene rings is 2. The molecule has 26 heavy (non-hydrogen) atoms. The Labute approximate surface area is 156 Å². The molecule has 1 aliphatic heterocycles. The van der Waals surface area contributed by atoms with Gasteiger partial charge in [-0.05, 0) is 30.2 Å². The largest absolute Gasteiger partial charge is 0.330 e. The van der Waals surface area contributed by atoms with Gasteiger partial charge in [-0.15, -0.1) is 12.4 Å². The molecule has 0 spiro atoms. The summed E-state index contributed by atoms with van der Waals surface area (Å²) in [6, 6.07) is 10.6. The van der Waals surface area contributed by atoms with E-state index in [4.69, 9.17) is 5.73 Å². The fraction of sp³-hybridized carbons (Fsp3) is 0.294. The minimum absolute atomic E-state index is 0. The number of sulfonamides is 1. The molecule has 0 bridgehead atoms. The zero-order valence-electron chi connectivity index (χ0n) is 13.6. The van der Waals surface area contributed by atoms with Crippen molar-refractivity contribution in [2.45, 2.75) is 10.8 Å². The van der Waals surface area contributed by atoms with Crippen molar-refractivity contribution in [3.05, 3.63) is 65.5 Å². The van der Waals surface area contributed by atoms with Crippen LogP contribution in [-0.4, -0.2) is 32.4 Å². The highest BCUT2D eigenvalue weighted by Gasteiger charge is 2.40. The van der Waals surface area contributed by atoms with Crippen LogP contribution < -0.4 is 5.73 Å². The van der Waals surface area contributed by atoms with Crippen molar-refractivity contribution in [1.82, 2.24) is 4.31 Å². The summed E-state index contributed by atoms with van der Waals surface area (Å²) in [7, 11) is -4.30. The van der Waals surface area contributed by atoms with Crippen LogP contribution in [-0.2, 0) is 10.0 Å². The number of halogens is 4. The van der Waals surface area contributed by atoms with Gasteiger partial charge in [-0.2, -0.15) is 4.31 Å². The van der Waals surface area contributed by atoms with E-state index in [0.29, 0.717) is 6.07 Å². The zero-order valence-corrected chi connectivity index (χ0v) is 15.2. The molecule has 2 N–H and O–H groups in total. The maximum absolute atomic E-state index is 14.0. The third-order valence-corrected chi connectivity index (χ3v) is 6.40. The van der Waals surface area contributed by atoms with Crippen molar-refractivity contribution in [3.63, 3.8) is 0 Å². The smallest absolute Gasteiger partial charge is 0.246 e. The second-order valence-corrected chi connectivity index (χ2v) is 7.91. The molecule has 1 heterocycles. The first-order valence-electron chi connectivity index (χ1n) is 7.75. The topological polar surface area (TPSA) is 63.4 Å². The summed E-state index contributed by atoms with van der Waals surface area (Å²) in [6.45, 7) is 0.454. The van der Waals surface area contributed by atoms with E-state index in [1.54, 1.807) is 0 Å². The summed E-state index contributed by atoms with van der Waals surface area (Å²) >= 11 is 0. The highest BCUT2D eigenvalue weighted by Crippen LogP contribution is 2.35. The quantitative estimate of drug-likeness (QED) is 0.794. The average Bonchev–Trinajstić information content (AvgIpc) is 3.05. The molecule has 0 radical (unpaired) electrons. The maximum atomic E-state index is 14.0. The Morgan fingerprint density at radius 3 is 2.27 bits per heavy atom. The molecule has 0 aliphatic carbocycles. The summed E-state index contributed by atoms with van der Waals surface area (Å²) in [5.41, 5.74) is 6.71. The van der Waals surface area contributed by atoms with E-state index in [2.05, 4.69) is 0 Å². The molecule has 4 nitrogen and oxygen atoms in total. The van der Waals surface area contributed by atoms with E-state index in [1.165, 1.54) is 0 Å². The summed E-state index contributed by atoms with van der Waals surface area (Å²) in [5, 5.41) is 0. The lowest BCUT2D eigenvalue weighted by Gasteiger charge is -2.17. The van der Waals surface area contributed by atoms with Gasteiger partial charge in [0.05, 0.1) is 0 Å². The van der Waals surface area contributed by atoms with E-state index >= 15 is 0 Å². The van der Waals surface area contributed by atoms with Gasteiger partial charge in [0.2, 0.25) is 10.0 Å². The van der Waals surface area contributed by atoms with Crippen molar-refractivity contribution in [1.29, 1.82) is 0 Å². The minimum atomic E-state index is -4.30. The van der Waals surface area contributed by atoms with Gasteiger partial charge in [0.25, 0.3) is 0 Å². The minimum Gasteiger partial charge on any atom is -0.330 e. The lowest BCUT2D eigenvalue weighted by atomic mass is 9.89. The third kappa shape index (κ3) is 3.59. The van der Waals surface area contributed by atoms with E-state index in [-0.39, 0.29) is 43.9 Å². The molecular weight excluding hydrogens is 389 g/mol. The Balaban J connectivity index is 0.00000243. The molecule has 1 aliphatic rings. The summed E-state index contributed by atoms with van der Waals surface area (Å²) in [4.78, 5) is -0.865. The summed E-state index contributed by atoms with van der Waals surface area (Å²) in [6.07, 6.45) is 0. The maximum Gasteiger partial charge on any atom is 0.246 e. The molecule has 0 unspecified atom stereocenters. The third-order valence-electron chi connectivity index (χ3n) is 4.56. The number of hydrogen-bond acceptors (Lipinski definition) is 3. The van der Waals surface area contributed by atoms with Gasteiger partial charge in [0.1, 0.15) is 4.90 Å². The predicted molar refractivity (Wildman–Crippen MR) is 94.1 cm³/mol. The number of nitrogens with two attached hydrogens (primary N) is 1. The summed E-state index contributed by atoms with van der Waals surface area (Å²) in [5.74, 6) is -5.22. The van der Waals surface area contributed by atoms with E-state index in [0.717, 1.165) is 15.9 Å². The SMILES string of the molecule is Cl.NC[C@@H]1CN(S(=O)(=O)c2ccc(F)c(F)c2F)C[C@H]1c1ccccc1. The van der Waals surface area contributed by atoms with Crippen LogP contribution in [0, 0.1) is 23.4 Å². The van der Waals surface area contributed by atoms with Crippen molar-refractivity contribution < 1.29 is 21.6 Å². The molecule has 2 atom stereocenters. The van der Waals surface area contributed by atoms with E-state index in [9.17, 15) is 21.6 Å². The van der Waals surface area contributed by atoms with Crippen LogP contribution in [0.2, 0.25) is 0 Å². The lowest BCUT2D eigenvalue weighted by molar-refractivity contribution is 0.420. The van der Waals surface area contributed by atoms with Crippen molar-refractivity contribution in [3.8, 4) is 0 Å². The molecule has 0 amide bonds. The Morgan fingerprint density at radius 1 is 1.00 bits per heavy atom. The standard InChI is InChI=1S/C17H17F3N2O2S.ClH/c18-14-6-7-15(17(20)16(14)19)25(23,24)22-9-12(8-21)13(10-22)11-4-2-1-3-5-11;/h1-7,12-13H,8-10,21H2;1H/t12-,13+;/m1./s1. The molecular formula is C17H18ClF3N2O2S. The molecule has 2 aromatic rings. The fourth-order valence-corrected chi connectivity index (χ4v) is 4.77. The predicted octanol–water partition coefficient (Wildman–Crippen LogP) is 2.89. The van der Waals surface area contributed by atoms with Gasteiger partial charge >= 0.3 is 0 Å². The van der Waals surface area contributed by atoms with Crippen LogP contribution in [0.15, 0.2) is 47.4 Å². The van der Waals surface area contributed by atoms with Crippen LogP contribution >= 0.6 is 12.4 Å². The van der Waals surface area contributed by atoms with Gasteiger partial charge in [-0.1, -0.05) is 30.3 Å². The molecule has 3 rings (SSSR count). The first-order chi connectivity index (χ1) is 11.9. The lowest BCUT2D eigenvalue weighted by Crippen LogP contribution is -2.31. The van der Waals surface area contributed by atoms with Gasteiger partial charge in [-0.3, -0.25) is 0 Å². The molecule has 2 aromatic carbocycles. The van der Waals surface area contributed by atoms with Crippen LogP contribution in [0.5, 0.6) is 0 Å². The van der Waals surface area contributed by atoms with Gasteiger partial charge in [-0.25, -0.2) is 21.6 Å². The van der Waals surface area contributed by atoms with Gasteiger partial charge in [0, 0.05) is 19.0 Å². The molecule has 9 heteroatoms. The number of rotatable bonds is 4. The monoisotopic (exact) mass is 406 g/mol. The molecule has 0 aromatic heterocycles. The highest BCUT2D eigenvalue weighted by molar-refractivity contribution is 7.89. The Bertz CT molecular complexity index is 881. The van der Waals surface area contributed by atoms with Gasteiger partial charge in [0.15, 0.2) is 17.5 Å². The van der Waals surface area contributed by atoms with Crippen molar-refractivity contribution in [2.75, 3.05) is 19.6 Å². The van der Waals surface area contributed by atoms with Crippen LogP contribution in [0.25, 0.3) is 0 Å². The van der Waals surface area contributed by atoms with Gasteiger partial charge < -0.3 is 5.73 Å². The second kappa shape index (κ2) is 7.96. The molecule has 1 fully saturated rings. The fourth-order valence-electron chi connectivity index (χ4n) is 3.19. The molecule has 142 valence electrons. The zero-order chi connectivity index (χ0) is 18.2. The Hall–Kier alpha value is -1.61. The Morgan fingerprint density at radius 2 is 1.65 bits per heavy atom. The van der Waals surface area contributed by atoms with E-state index < -0.39 is 32.4 Å². The first-order valence-corrected chi connectivity index (χ1v) is 9.19. The van der Waals surface area contributed by atoms with Crippen LogP contribution in [0.1, 0.15) is 11.5 Å². The van der Waals surface area contributed by atoms with Crippen LogP contribution in [0.4, 0.5) is 13.2 Å². The molecule has 0 saturated carbocycles.